The monoisotopic (exact) mass is 617 g/mol. The molecule has 4 aromatic rings. The minimum absolute atomic E-state index is 0.00598. The van der Waals surface area contributed by atoms with Crippen molar-refractivity contribution >= 4 is 34.6 Å². The Morgan fingerprint density at radius 2 is 1.89 bits per heavy atom. The van der Waals surface area contributed by atoms with Crippen LogP contribution in [0.1, 0.15) is 31.2 Å². The maximum absolute atomic E-state index is 16.1. The van der Waals surface area contributed by atoms with E-state index in [0.29, 0.717) is 23.4 Å². The molecule has 0 radical (unpaired) electrons. The Labute approximate surface area is 258 Å². The highest BCUT2D eigenvalue weighted by atomic mass is 19.1. The van der Waals surface area contributed by atoms with Crippen molar-refractivity contribution in [3.05, 3.63) is 76.6 Å². The highest BCUT2D eigenvalue weighted by Gasteiger charge is 2.35. The normalized spacial score (nSPS) is 15.1. The molecule has 0 spiro atoms. The maximum atomic E-state index is 16.1. The van der Waals surface area contributed by atoms with Gasteiger partial charge in [0.1, 0.15) is 41.6 Å². The largest absolute Gasteiger partial charge is 0.507 e. The van der Waals surface area contributed by atoms with Crippen molar-refractivity contribution in [2.45, 2.75) is 32.7 Å². The molecule has 1 N–H and O–H groups in total. The minimum Gasteiger partial charge on any atom is -0.507 e. The van der Waals surface area contributed by atoms with Crippen LogP contribution in [-0.2, 0) is 9.59 Å². The van der Waals surface area contributed by atoms with Gasteiger partial charge in [-0.15, -0.1) is 0 Å². The lowest BCUT2D eigenvalue weighted by Crippen LogP contribution is -2.56. The molecular formula is C32H33F2N7O4. The zero-order chi connectivity index (χ0) is 32.7. The smallest absolute Gasteiger partial charge is 0.282 e. The SMILES string of the molecule is C=CC(=O)N1CCN(c2c(N(C)C)c(=O)n(-c3c(C)ncnc3C(C)C)c3nc(-c4c(O)cccc4F)c(F)cc23)[C@@H](C=O)C1. The molecule has 1 aliphatic heterocycles. The van der Waals surface area contributed by atoms with Gasteiger partial charge in [-0.25, -0.2) is 23.7 Å². The Bertz CT molecular complexity index is 1890. The predicted octanol–water partition coefficient (Wildman–Crippen LogP) is 3.73. The van der Waals surface area contributed by atoms with Crippen LogP contribution in [0.3, 0.4) is 0 Å². The summed E-state index contributed by atoms with van der Waals surface area (Å²) in [7, 11) is 3.30. The molecule has 0 saturated carbocycles. The third-order valence-electron chi connectivity index (χ3n) is 7.88. The Morgan fingerprint density at radius 1 is 1.16 bits per heavy atom. The fourth-order valence-corrected chi connectivity index (χ4v) is 5.80. The standard InChI is InChI=1S/C32H33F2N7O4/c1-7-24(44)39-11-12-40(19(14-39)15-42)29-20-13-22(34)27(25-21(33)9-8-10-23(25)43)37-31(20)41(32(45)30(29)38(5)6)28-18(4)35-16-36-26(28)17(2)3/h7-10,13,15-17,19,43H,1,11-12,14H2,2-6H3/t19-/m1/s1. The molecule has 0 bridgehead atoms. The lowest BCUT2D eigenvalue weighted by Gasteiger charge is -2.41. The van der Waals surface area contributed by atoms with E-state index in [2.05, 4.69) is 21.5 Å². The number of piperazine rings is 1. The number of amides is 1. The van der Waals surface area contributed by atoms with Gasteiger partial charge < -0.3 is 24.6 Å². The van der Waals surface area contributed by atoms with E-state index in [1.54, 1.807) is 30.8 Å². The summed E-state index contributed by atoms with van der Waals surface area (Å²) in [4.78, 5) is 57.6. The molecule has 0 unspecified atom stereocenters. The van der Waals surface area contributed by atoms with Crippen molar-refractivity contribution in [2.24, 2.45) is 0 Å². The molecule has 11 nitrogen and oxygen atoms in total. The van der Waals surface area contributed by atoms with Gasteiger partial charge in [-0.3, -0.25) is 14.2 Å². The van der Waals surface area contributed by atoms with Gasteiger partial charge in [0.05, 0.1) is 28.3 Å². The number of hydrogen-bond acceptors (Lipinski definition) is 9. The first-order valence-corrected chi connectivity index (χ1v) is 14.3. The first-order chi connectivity index (χ1) is 21.4. The molecule has 4 heterocycles. The zero-order valence-electron chi connectivity index (χ0n) is 25.6. The number of phenolic OH excluding ortho intramolecular Hbond substituents is 1. The summed E-state index contributed by atoms with van der Waals surface area (Å²) in [5.74, 6) is -2.93. The number of pyridine rings is 2. The first kappa shape index (κ1) is 31.2. The van der Waals surface area contributed by atoms with Gasteiger partial charge in [-0.1, -0.05) is 26.5 Å². The lowest BCUT2D eigenvalue weighted by atomic mass is 10.0. The number of aryl methyl sites for hydroxylation is 1. The second-order valence-electron chi connectivity index (χ2n) is 11.3. The first-order valence-electron chi connectivity index (χ1n) is 14.3. The van der Waals surface area contributed by atoms with Gasteiger partial charge >= 0.3 is 0 Å². The topological polar surface area (TPSA) is 125 Å². The van der Waals surface area contributed by atoms with Crippen LogP contribution in [0.5, 0.6) is 5.75 Å². The number of nitrogens with zero attached hydrogens (tertiary/aromatic N) is 7. The van der Waals surface area contributed by atoms with Crippen LogP contribution in [0.15, 0.2) is 48.0 Å². The van der Waals surface area contributed by atoms with Gasteiger partial charge in [-0.2, -0.15) is 0 Å². The molecule has 1 atom stereocenters. The third-order valence-corrected chi connectivity index (χ3v) is 7.88. The number of carbonyl (C=O) groups excluding carboxylic acids is 2. The molecule has 0 aliphatic carbocycles. The summed E-state index contributed by atoms with van der Waals surface area (Å²) in [5, 5.41) is 10.7. The van der Waals surface area contributed by atoms with Crippen LogP contribution in [0.25, 0.3) is 28.0 Å². The van der Waals surface area contributed by atoms with E-state index in [9.17, 15) is 19.5 Å². The predicted molar refractivity (Wildman–Crippen MR) is 167 cm³/mol. The quantitative estimate of drug-likeness (QED) is 0.244. The molecule has 13 heteroatoms. The molecular weight excluding hydrogens is 584 g/mol. The highest BCUT2D eigenvalue weighted by molar-refractivity contribution is 6.00. The fourth-order valence-electron chi connectivity index (χ4n) is 5.80. The number of rotatable bonds is 7. The number of anilines is 2. The van der Waals surface area contributed by atoms with Crippen molar-refractivity contribution < 1.29 is 23.5 Å². The molecule has 3 aromatic heterocycles. The van der Waals surface area contributed by atoms with E-state index in [1.165, 1.54) is 27.9 Å². The second kappa shape index (κ2) is 12.1. The minimum atomic E-state index is -0.965. The zero-order valence-corrected chi connectivity index (χ0v) is 25.6. The van der Waals surface area contributed by atoms with Crippen LogP contribution < -0.4 is 15.4 Å². The maximum Gasteiger partial charge on any atom is 0.282 e. The number of halogens is 2. The average Bonchev–Trinajstić information content (AvgIpc) is 3.00. The highest BCUT2D eigenvalue weighted by Crippen LogP contribution is 2.40. The second-order valence-corrected chi connectivity index (χ2v) is 11.3. The van der Waals surface area contributed by atoms with E-state index in [4.69, 9.17) is 0 Å². The van der Waals surface area contributed by atoms with Gasteiger partial charge in [0, 0.05) is 39.1 Å². The molecule has 5 rings (SSSR count). The molecule has 1 amide bonds. The van der Waals surface area contributed by atoms with Gasteiger partial charge in [-0.05, 0) is 37.1 Å². The molecule has 1 fully saturated rings. The molecule has 1 aliphatic rings. The molecule has 45 heavy (non-hydrogen) atoms. The van der Waals surface area contributed by atoms with E-state index in [-0.39, 0.29) is 53.9 Å². The van der Waals surface area contributed by atoms with Crippen LogP contribution in [0.4, 0.5) is 20.2 Å². The Hall–Kier alpha value is -5.20. The number of fused-ring (bicyclic) bond motifs is 1. The third kappa shape index (κ3) is 5.28. The number of aromatic hydroxyl groups is 1. The fraction of sp³-hybridized carbons (Fsp3) is 0.312. The van der Waals surface area contributed by atoms with Crippen LogP contribution in [0.2, 0.25) is 0 Å². The Kier molecular flexibility index (Phi) is 8.37. The van der Waals surface area contributed by atoms with E-state index in [1.807, 2.05) is 13.8 Å². The number of hydrogen-bond donors (Lipinski definition) is 1. The van der Waals surface area contributed by atoms with Crippen molar-refractivity contribution in [1.29, 1.82) is 0 Å². The van der Waals surface area contributed by atoms with E-state index < -0.39 is 40.2 Å². The van der Waals surface area contributed by atoms with E-state index in [0.717, 1.165) is 18.2 Å². The average molecular weight is 618 g/mol. The van der Waals surface area contributed by atoms with Crippen molar-refractivity contribution in [1.82, 2.24) is 24.4 Å². The molecule has 1 aromatic carbocycles. The van der Waals surface area contributed by atoms with E-state index >= 15 is 8.78 Å². The summed E-state index contributed by atoms with van der Waals surface area (Å²) >= 11 is 0. The number of phenols is 1. The van der Waals surface area contributed by atoms with Gasteiger partial charge in [0.2, 0.25) is 5.91 Å². The van der Waals surface area contributed by atoms with Crippen molar-refractivity contribution in [3.63, 3.8) is 0 Å². The number of aldehydes is 1. The Morgan fingerprint density at radius 3 is 2.51 bits per heavy atom. The number of carbonyl (C=O) groups is 2. The van der Waals surface area contributed by atoms with Gasteiger partial charge in [0.25, 0.3) is 5.56 Å². The number of benzene rings is 1. The summed E-state index contributed by atoms with van der Waals surface area (Å²) < 4.78 is 32.5. The van der Waals surface area contributed by atoms with Crippen LogP contribution >= 0.6 is 0 Å². The summed E-state index contributed by atoms with van der Waals surface area (Å²) in [6, 6.07) is 3.78. The summed E-state index contributed by atoms with van der Waals surface area (Å²) in [6.07, 6.45) is 3.22. The van der Waals surface area contributed by atoms with Crippen molar-refractivity contribution in [2.75, 3.05) is 43.5 Å². The van der Waals surface area contributed by atoms with Crippen LogP contribution in [0, 0.1) is 18.6 Å². The molecule has 234 valence electrons. The van der Waals surface area contributed by atoms with Crippen LogP contribution in [-0.4, -0.2) is 81.5 Å². The summed E-state index contributed by atoms with van der Waals surface area (Å²) in [6.45, 7) is 9.36. The number of aromatic nitrogens is 4. The molecule has 1 saturated heterocycles. The lowest BCUT2D eigenvalue weighted by molar-refractivity contribution is -0.127. The van der Waals surface area contributed by atoms with Gasteiger partial charge in [0.15, 0.2) is 11.5 Å². The summed E-state index contributed by atoms with van der Waals surface area (Å²) in [5.41, 5.74) is 0.0194. The van der Waals surface area contributed by atoms with Crippen molar-refractivity contribution in [3.8, 4) is 22.7 Å². The Balaban J connectivity index is 1.95.